The van der Waals surface area contributed by atoms with Gasteiger partial charge in [-0.15, -0.1) is 11.8 Å². The van der Waals surface area contributed by atoms with E-state index >= 15 is 0 Å². The quantitative estimate of drug-likeness (QED) is 0.632. The lowest BCUT2D eigenvalue weighted by atomic mass is 10.2. The summed E-state index contributed by atoms with van der Waals surface area (Å²) in [5, 5.41) is 2.82. The van der Waals surface area contributed by atoms with E-state index in [1.807, 2.05) is 17.2 Å². The zero-order valence-electron chi connectivity index (χ0n) is 10.5. The molecule has 1 aromatic heterocycles. The van der Waals surface area contributed by atoms with Crippen LogP contribution in [0.25, 0.3) is 0 Å². The molecule has 3 rings (SSSR count). The van der Waals surface area contributed by atoms with Crippen LogP contribution in [0.2, 0.25) is 0 Å². The third-order valence-electron chi connectivity index (χ3n) is 2.87. The van der Waals surface area contributed by atoms with Crippen molar-refractivity contribution < 1.29 is 4.84 Å². The van der Waals surface area contributed by atoms with Gasteiger partial charge in [0.15, 0.2) is 5.82 Å². The Morgan fingerprint density at radius 1 is 1.21 bits per heavy atom. The molecule has 0 bridgehead atoms. The fourth-order valence-electron chi connectivity index (χ4n) is 1.90. The summed E-state index contributed by atoms with van der Waals surface area (Å²) in [4.78, 5) is 14.0. The molecule has 0 spiro atoms. The normalized spacial score (nSPS) is 14.8. The summed E-state index contributed by atoms with van der Waals surface area (Å²) in [6, 6.07) is 12.4. The molecule has 0 atom stereocenters. The first-order chi connectivity index (χ1) is 9.42. The zero-order valence-corrected chi connectivity index (χ0v) is 11.3. The van der Waals surface area contributed by atoms with Gasteiger partial charge in [-0.25, -0.2) is 15.0 Å². The number of hydrogen-bond acceptors (Lipinski definition) is 5. The van der Waals surface area contributed by atoms with Crippen LogP contribution >= 0.6 is 11.8 Å². The summed E-state index contributed by atoms with van der Waals surface area (Å²) < 4.78 is 0. The van der Waals surface area contributed by atoms with Gasteiger partial charge in [-0.05, 0) is 12.0 Å². The van der Waals surface area contributed by atoms with Crippen molar-refractivity contribution in [2.24, 2.45) is 0 Å². The van der Waals surface area contributed by atoms with Gasteiger partial charge < -0.3 is 0 Å². The lowest BCUT2D eigenvalue weighted by molar-refractivity contribution is 0.166. The number of benzene rings is 1. The third kappa shape index (κ3) is 3.24. The summed E-state index contributed by atoms with van der Waals surface area (Å²) in [6.07, 6.45) is 2.65. The predicted octanol–water partition coefficient (Wildman–Crippen LogP) is 2.91. The number of hydrogen-bond donors (Lipinski definition) is 0. The topological polar surface area (TPSA) is 38.2 Å². The zero-order chi connectivity index (χ0) is 12.9. The number of nitrogens with zero attached hydrogens (tertiary/aromatic N) is 3. The molecule has 1 fully saturated rings. The van der Waals surface area contributed by atoms with E-state index in [2.05, 4.69) is 34.2 Å². The molecule has 0 amide bonds. The summed E-state index contributed by atoms with van der Waals surface area (Å²) in [6.45, 7) is 1.68. The van der Waals surface area contributed by atoms with E-state index in [0.717, 1.165) is 36.2 Å². The Labute approximate surface area is 116 Å². The van der Waals surface area contributed by atoms with Gasteiger partial charge in [-0.2, -0.15) is 0 Å². The van der Waals surface area contributed by atoms with Crippen LogP contribution in [0.1, 0.15) is 12.0 Å². The highest BCUT2D eigenvalue weighted by Gasteiger charge is 2.15. The molecule has 2 aromatic rings. The second-order valence-electron chi connectivity index (χ2n) is 4.28. The lowest BCUT2D eigenvalue weighted by Crippen LogP contribution is -2.17. The van der Waals surface area contributed by atoms with Crippen molar-refractivity contribution in [1.29, 1.82) is 0 Å². The minimum atomic E-state index is 0.774. The van der Waals surface area contributed by atoms with Crippen molar-refractivity contribution in [1.82, 2.24) is 9.97 Å². The van der Waals surface area contributed by atoms with Gasteiger partial charge in [0.1, 0.15) is 11.4 Å². The molecule has 19 heavy (non-hydrogen) atoms. The molecule has 0 unspecified atom stereocenters. The number of anilines is 1. The van der Waals surface area contributed by atoms with Gasteiger partial charge in [-0.3, -0.25) is 4.84 Å². The standard InChI is InChI=1S/C14H15N3OS/c1-2-5-12(6-3-1)10-19-14-9-13(15-11-16-14)17-7-4-8-18-17/h1-3,5-6,9,11H,4,7-8,10H2. The third-order valence-corrected chi connectivity index (χ3v) is 3.86. The minimum absolute atomic E-state index is 0.774. The van der Waals surface area contributed by atoms with E-state index in [4.69, 9.17) is 4.84 Å². The first kappa shape index (κ1) is 12.4. The van der Waals surface area contributed by atoms with Crippen LogP contribution in [-0.4, -0.2) is 23.1 Å². The SMILES string of the molecule is c1ccc(CSc2cc(N3CCCO3)ncn2)cc1. The Bertz CT molecular complexity index is 529. The fraction of sp³-hybridized carbons (Fsp3) is 0.286. The Kier molecular flexibility index (Phi) is 3.95. The first-order valence-electron chi connectivity index (χ1n) is 6.31. The molecule has 0 radical (unpaired) electrons. The largest absolute Gasteiger partial charge is 0.272 e. The first-order valence-corrected chi connectivity index (χ1v) is 7.29. The summed E-state index contributed by atoms with van der Waals surface area (Å²) in [5.41, 5.74) is 1.30. The molecule has 98 valence electrons. The van der Waals surface area contributed by atoms with E-state index in [1.54, 1.807) is 18.1 Å². The molecular weight excluding hydrogens is 258 g/mol. The van der Waals surface area contributed by atoms with E-state index in [-0.39, 0.29) is 0 Å². The number of aromatic nitrogens is 2. The minimum Gasteiger partial charge on any atom is -0.272 e. The Morgan fingerprint density at radius 2 is 2.11 bits per heavy atom. The predicted molar refractivity (Wildman–Crippen MR) is 76.0 cm³/mol. The average molecular weight is 273 g/mol. The van der Waals surface area contributed by atoms with Crippen molar-refractivity contribution in [3.8, 4) is 0 Å². The number of thioether (sulfide) groups is 1. The van der Waals surface area contributed by atoms with Gasteiger partial charge in [0.2, 0.25) is 0 Å². The van der Waals surface area contributed by atoms with Crippen molar-refractivity contribution >= 4 is 17.6 Å². The van der Waals surface area contributed by atoms with E-state index in [9.17, 15) is 0 Å². The van der Waals surface area contributed by atoms with Gasteiger partial charge in [0.25, 0.3) is 0 Å². The van der Waals surface area contributed by atoms with E-state index in [1.165, 1.54) is 5.56 Å². The maximum absolute atomic E-state index is 5.49. The summed E-state index contributed by atoms with van der Waals surface area (Å²) in [7, 11) is 0. The van der Waals surface area contributed by atoms with Crippen LogP contribution in [0.3, 0.4) is 0 Å². The fourth-order valence-corrected chi connectivity index (χ4v) is 2.72. The average Bonchev–Trinajstić information content (AvgIpc) is 3.01. The molecule has 1 aliphatic heterocycles. The second kappa shape index (κ2) is 6.04. The van der Waals surface area contributed by atoms with Crippen LogP contribution in [0.5, 0.6) is 0 Å². The van der Waals surface area contributed by atoms with E-state index in [0.29, 0.717) is 0 Å². The highest BCUT2D eigenvalue weighted by molar-refractivity contribution is 7.98. The van der Waals surface area contributed by atoms with Gasteiger partial charge >= 0.3 is 0 Å². The highest BCUT2D eigenvalue weighted by atomic mass is 32.2. The molecule has 2 heterocycles. The molecule has 0 aliphatic carbocycles. The maximum atomic E-state index is 5.49. The van der Waals surface area contributed by atoms with Crippen molar-refractivity contribution in [3.63, 3.8) is 0 Å². The second-order valence-corrected chi connectivity index (χ2v) is 5.27. The number of hydroxylamine groups is 1. The molecule has 1 aliphatic rings. The molecule has 1 aromatic carbocycles. The Morgan fingerprint density at radius 3 is 2.89 bits per heavy atom. The Balaban J connectivity index is 1.66. The Hall–Kier alpha value is -1.59. The monoisotopic (exact) mass is 273 g/mol. The molecular formula is C14H15N3OS. The van der Waals surface area contributed by atoms with Gasteiger partial charge in [0.05, 0.1) is 6.61 Å². The molecule has 0 saturated carbocycles. The van der Waals surface area contributed by atoms with Crippen LogP contribution in [-0.2, 0) is 10.6 Å². The van der Waals surface area contributed by atoms with Crippen LogP contribution in [0, 0.1) is 0 Å². The van der Waals surface area contributed by atoms with Gasteiger partial charge in [-0.1, -0.05) is 30.3 Å². The molecule has 5 heteroatoms. The maximum Gasteiger partial charge on any atom is 0.156 e. The van der Waals surface area contributed by atoms with Crippen LogP contribution < -0.4 is 5.06 Å². The molecule has 1 saturated heterocycles. The lowest BCUT2D eigenvalue weighted by Gasteiger charge is -2.14. The summed E-state index contributed by atoms with van der Waals surface area (Å²) in [5.74, 6) is 1.76. The highest BCUT2D eigenvalue weighted by Crippen LogP contribution is 2.24. The van der Waals surface area contributed by atoms with E-state index < -0.39 is 0 Å². The van der Waals surface area contributed by atoms with Crippen LogP contribution in [0.4, 0.5) is 5.82 Å². The summed E-state index contributed by atoms with van der Waals surface area (Å²) >= 11 is 1.71. The molecule has 4 nitrogen and oxygen atoms in total. The van der Waals surface area contributed by atoms with Crippen molar-refractivity contribution in [3.05, 3.63) is 48.3 Å². The van der Waals surface area contributed by atoms with Crippen molar-refractivity contribution in [2.45, 2.75) is 17.2 Å². The smallest absolute Gasteiger partial charge is 0.156 e. The number of rotatable bonds is 4. The van der Waals surface area contributed by atoms with Crippen LogP contribution in [0.15, 0.2) is 47.8 Å². The van der Waals surface area contributed by atoms with Gasteiger partial charge in [0, 0.05) is 18.4 Å². The molecule has 0 N–H and O–H groups in total. The van der Waals surface area contributed by atoms with Crippen molar-refractivity contribution in [2.75, 3.05) is 18.2 Å².